The van der Waals surface area contributed by atoms with Crippen LogP contribution in [0.1, 0.15) is 15.2 Å². The third-order valence-corrected chi connectivity index (χ3v) is 3.13. The Morgan fingerprint density at radius 1 is 1.53 bits per heavy atom. The third-order valence-electron chi connectivity index (χ3n) is 2.30. The van der Waals surface area contributed by atoms with Crippen molar-refractivity contribution < 1.29 is 9.90 Å². The molecule has 1 amide bonds. The number of nitrogens with one attached hydrogen (secondary N) is 1. The number of phenols is 1. The number of benzene rings is 1. The van der Waals surface area contributed by atoms with Gasteiger partial charge < -0.3 is 16.2 Å². The van der Waals surface area contributed by atoms with Crippen molar-refractivity contribution in [2.24, 2.45) is 0 Å². The molecule has 0 radical (unpaired) electrons. The number of aromatic nitrogens is 1. The second-order valence-corrected chi connectivity index (χ2v) is 4.53. The second-order valence-electron chi connectivity index (χ2n) is 3.47. The van der Waals surface area contributed by atoms with Crippen LogP contribution in [0.2, 0.25) is 0 Å². The van der Waals surface area contributed by atoms with Crippen LogP contribution in [-0.2, 0) is 0 Å². The van der Waals surface area contributed by atoms with E-state index in [9.17, 15) is 9.90 Å². The van der Waals surface area contributed by atoms with E-state index >= 15 is 0 Å². The summed E-state index contributed by atoms with van der Waals surface area (Å²) in [6, 6.07) is 4.95. The standard InChI is InChI=1S/C11H11N3O2S/c1-6-7(3-2-4-8(6)15)14-10(16)9-5-13-11(12)17-9/h2-5,15H,1H3,(H2,12,13)(H,14,16). The maximum absolute atomic E-state index is 11.8. The summed E-state index contributed by atoms with van der Waals surface area (Å²) >= 11 is 1.12. The van der Waals surface area contributed by atoms with Gasteiger partial charge in [0.1, 0.15) is 10.6 Å². The lowest BCUT2D eigenvalue weighted by molar-refractivity contribution is 0.103. The van der Waals surface area contributed by atoms with Gasteiger partial charge in [-0.25, -0.2) is 4.98 Å². The van der Waals surface area contributed by atoms with E-state index in [1.807, 2.05) is 0 Å². The minimum atomic E-state index is -0.284. The molecule has 0 aliphatic rings. The first-order chi connectivity index (χ1) is 8.08. The van der Waals surface area contributed by atoms with Crippen molar-refractivity contribution in [2.45, 2.75) is 6.92 Å². The lowest BCUT2D eigenvalue weighted by Crippen LogP contribution is -2.11. The van der Waals surface area contributed by atoms with Gasteiger partial charge in [-0.3, -0.25) is 4.79 Å². The smallest absolute Gasteiger partial charge is 0.267 e. The highest BCUT2D eigenvalue weighted by Gasteiger charge is 2.11. The van der Waals surface area contributed by atoms with E-state index in [0.29, 0.717) is 21.3 Å². The molecule has 0 atom stereocenters. The fourth-order valence-corrected chi connectivity index (χ4v) is 1.92. The molecular formula is C11H11N3O2S. The van der Waals surface area contributed by atoms with Gasteiger partial charge in [0.15, 0.2) is 5.13 Å². The second kappa shape index (κ2) is 4.42. The van der Waals surface area contributed by atoms with Crippen LogP contribution >= 0.6 is 11.3 Å². The summed E-state index contributed by atoms with van der Waals surface area (Å²) in [5.74, 6) is -0.139. The van der Waals surface area contributed by atoms with Crippen LogP contribution in [0.5, 0.6) is 5.75 Å². The van der Waals surface area contributed by atoms with E-state index in [1.54, 1.807) is 25.1 Å². The van der Waals surface area contributed by atoms with Gasteiger partial charge in [0.25, 0.3) is 5.91 Å². The normalized spacial score (nSPS) is 10.2. The summed E-state index contributed by atoms with van der Waals surface area (Å²) in [5.41, 5.74) is 6.65. The quantitative estimate of drug-likeness (QED) is 0.759. The molecule has 0 aliphatic heterocycles. The highest BCUT2D eigenvalue weighted by Crippen LogP contribution is 2.25. The molecule has 1 aromatic heterocycles. The predicted octanol–water partition coefficient (Wildman–Crippen LogP) is 1.99. The van der Waals surface area contributed by atoms with E-state index in [1.165, 1.54) is 6.20 Å². The molecule has 2 rings (SSSR count). The van der Waals surface area contributed by atoms with Crippen molar-refractivity contribution in [3.63, 3.8) is 0 Å². The molecule has 0 fully saturated rings. The molecule has 6 heteroatoms. The summed E-state index contributed by atoms with van der Waals surface area (Å²) in [6.07, 6.45) is 1.42. The summed E-state index contributed by atoms with van der Waals surface area (Å²) < 4.78 is 0. The first-order valence-electron chi connectivity index (χ1n) is 4.89. The Bertz CT molecular complexity index is 566. The number of thiazole rings is 1. The van der Waals surface area contributed by atoms with Gasteiger partial charge in [0.05, 0.1) is 6.20 Å². The average molecular weight is 249 g/mol. The molecule has 0 spiro atoms. The van der Waals surface area contributed by atoms with Crippen LogP contribution in [0.4, 0.5) is 10.8 Å². The molecule has 1 aromatic carbocycles. The van der Waals surface area contributed by atoms with E-state index in [-0.39, 0.29) is 11.7 Å². The van der Waals surface area contributed by atoms with E-state index < -0.39 is 0 Å². The Balaban J connectivity index is 2.21. The number of aromatic hydroxyl groups is 1. The van der Waals surface area contributed by atoms with Gasteiger partial charge in [-0.2, -0.15) is 0 Å². The zero-order valence-corrected chi connectivity index (χ0v) is 9.91. The number of hydrogen-bond acceptors (Lipinski definition) is 5. The minimum Gasteiger partial charge on any atom is -0.508 e. The van der Waals surface area contributed by atoms with Crippen molar-refractivity contribution >= 4 is 28.1 Å². The van der Waals surface area contributed by atoms with Gasteiger partial charge in [0, 0.05) is 11.3 Å². The molecule has 0 bridgehead atoms. The number of nitrogen functional groups attached to an aromatic ring is 1. The van der Waals surface area contributed by atoms with Gasteiger partial charge in [-0.1, -0.05) is 17.4 Å². The number of amides is 1. The van der Waals surface area contributed by atoms with Gasteiger partial charge in [-0.15, -0.1) is 0 Å². The van der Waals surface area contributed by atoms with Crippen LogP contribution < -0.4 is 11.1 Å². The number of phenolic OH excluding ortho intramolecular Hbond substituents is 1. The van der Waals surface area contributed by atoms with Crippen molar-refractivity contribution in [1.29, 1.82) is 0 Å². The molecule has 17 heavy (non-hydrogen) atoms. The van der Waals surface area contributed by atoms with E-state index in [4.69, 9.17) is 5.73 Å². The summed E-state index contributed by atoms with van der Waals surface area (Å²) in [7, 11) is 0. The maximum atomic E-state index is 11.8. The summed E-state index contributed by atoms with van der Waals surface area (Å²) in [4.78, 5) is 16.1. The molecule has 4 N–H and O–H groups in total. The largest absolute Gasteiger partial charge is 0.508 e. The summed E-state index contributed by atoms with van der Waals surface area (Å²) in [5, 5.41) is 12.6. The highest BCUT2D eigenvalue weighted by molar-refractivity contribution is 7.17. The monoisotopic (exact) mass is 249 g/mol. The van der Waals surface area contributed by atoms with Crippen molar-refractivity contribution in [3.8, 4) is 5.75 Å². The number of rotatable bonds is 2. The highest BCUT2D eigenvalue weighted by atomic mass is 32.1. The maximum Gasteiger partial charge on any atom is 0.267 e. The van der Waals surface area contributed by atoms with Crippen molar-refractivity contribution in [1.82, 2.24) is 4.98 Å². The predicted molar refractivity (Wildman–Crippen MR) is 67.3 cm³/mol. The van der Waals surface area contributed by atoms with Crippen LogP contribution in [0, 0.1) is 6.92 Å². The van der Waals surface area contributed by atoms with Crippen molar-refractivity contribution in [3.05, 3.63) is 34.8 Å². The van der Waals surface area contributed by atoms with Gasteiger partial charge in [0.2, 0.25) is 0 Å². The molecule has 2 aromatic rings. The molecular weight excluding hydrogens is 238 g/mol. The first kappa shape index (κ1) is 11.4. The lowest BCUT2D eigenvalue weighted by atomic mass is 10.2. The number of carbonyl (C=O) groups excluding carboxylic acids is 1. The molecule has 88 valence electrons. The Kier molecular flexibility index (Phi) is 2.97. The van der Waals surface area contributed by atoms with Crippen LogP contribution in [-0.4, -0.2) is 16.0 Å². The number of nitrogens with two attached hydrogens (primary N) is 1. The Morgan fingerprint density at radius 3 is 2.94 bits per heavy atom. The zero-order chi connectivity index (χ0) is 12.4. The Hall–Kier alpha value is -2.08. The SMILES string of the molecule is Cc1c(O)cccc1NC(=O)c1cnc(N)s1. The fraction of sp³-hybridized carbons (Fsp3) is 0.0909. The summed E-state index contributed by atoms with van der Waals surface area (Å²) in [6.45, 7) is 1.73. The van der Waals surface area contributed by atoms with E-state index in [0.717, 1.165) is 11.3 Å². The van der Waals surface area contributed by atoms with Gasteiger partial charge in [-0.05, 0) is 19.1 Å². The van der Waals surface area contributed by atoms with Crippen LogP contribution in [0.15, 0.2) is 24.4 Å². The minimum absolute atomic E-state index is 0.145. The zero-order valence-electron chi connectivity index (χ0n) is 9.10. The van der Waals surface area contributed by atoms with Gasteiger partial charge >= 0.3 is 0 Å². The topological polar surface area (TPSA) is 88.2 Å². The number of carbonyl (C=O) groups is 1. The molecule has 0 unspecified atom stereocenters. The average Bonchev–Trinajstić information content (AvgIpc) is 2.72. The van der Waals surface area contributed by atoms with Crippen molar-refractivity contribution in [2.75, 3.05) is 11.1 Å². The molecule has 0 saturated carbocycles. The number of nitrogens with zero attached hydrogens (tertiary/aromatic N) is 1. The molecule has 0 saturated heterocycles. The number of hydrogen-bond donors (Lipinski definition) is 3. The molecule has 1 heterocycles. The first-order valence-corrected chi connectivity index (χ1v) is 5.71. The Labute approximate surface area is 102 Å². The number of anilines is 2. The third kappa shape index (κ3) is 2.36. The molecule has 0 aliphatic carbocycles. The fourth-order valence-electron chi connectivity index (χ4n) is 1.34. The van der Waals surface area contributed by atoms with E-state index in [2.05, 4.69) is 10.3 Å². The molecule has 5 nitrogen and oxygen atoms in total. The van der Waals surface area contributed by atoms with Crippen LogP contribution in [0.3, 0.4) is 0 Å². The lowest BCUT2D eigenvalue weighted by Gasteiger charge is -2.07. The Morgan fingerprint density at radius 2 is 2.29 bits per heavy atom. The van der Waals surface area contributed by atoms with Crippen LogP contribution in [0.25, 0.3) is 0 Å².